The summed E-state index contributed by atoms with van der Waals surface area (Å²) in [6.45, 7) is -0.0177. The molecule has 0 atom stereocenters. The number of nitrogens with one attached hydrogen (secondary N) is 1. The van der Waals surface area contributed by atoms with Crippen LogP contribution in [0.3, 0.4) is 0 Å². The van der Waals surface area contributed by atoms with E-state index < -0.39 is 0 Å². The lowest BCUT2D eigenvalue weighted by molar-refractivity contribution is -0.129. The molecule has 1 aliphatic heterocycles. The molecule has 7 heteroatoms. The maximum absolute atomic E-state index is 11.8. The molecule has 1 aliphatic rings. The van der Waals surface area contributed by atoms with E-state index in [9.17, 15) is 9.59 Å². The summed E-state index contributed by atoms with van der Waals surface area (Å²) in [6.07, 6.45) is 1.60. The molecule has 1 heterocycles. The molecule has 0 aromatic heterocycles. The highest BCUT2D eigenvalue weighted by Gasteiger charge is 2.17. The minimum Gasteiger partial charge on any atom is -0.324 e. The average molecular weight is 317 g/mol. The van der Waals surface area contributed by atoms with E-state index in [1.54, 1.807) is 29.8 Å². The van der Waals surface area contributed by atoms with Crippen LogP contribution in [0.25, 0.3) is 0 Å². The standard InChI is InChI=1S/C12H10Cl2N2O2S/c13-9-2-1-8(5-10(9)14)15-11(17)6-16-3-4-19-7-12(16)18/h1-5H,6-7H2,(H,15,17). The van der Waals surface area contributed by atoms with E-state index in [2.05, 4.69) is 5.32 Å². The third kappa shape index (κ3) is 3.89. The molecule has 1 aromatic carbocycles. The molecule has 0 bridgehead atoms. The van der Waals surface area contributed by atoms with E-state index in [-0.39, 0.29) is 18.4 Å². The lowest BCUT2D eigenvalue weighted by Gasteiger charge is -2.20. The van der Waals surface area contributed by atoms with Crippen LogP contribution in [-0.2, 0) is 9.59 Å². The van der Waals surface area contributed by atoms with Gasteiger partial charge in [0, 0.05) is 11.9 Å². The molecule has 0 saturated heterocycles. The minimum absolute atomic E-state index is 0.0177. The van der Waals surface area contributed by atoms with Crippen molar-refractivity contribution in [3.05, 3.63) is 39.9 Å². The Morgan fingerprint density at radius 3 is 2.84 bits per heavy atom. The fraction of sp³-hybridized carbons (Fsp3) is 0.167. The first-order valence-electron chi connectivity index (χ1n) is 5.39. The molecular formula is C12H10Cl2N2O2S. The van der Waals surface area contributed by atoms with Gasteiger partial charge in [-0.2, -0.15) is 0 Å². The molecule has 19 heavy (non-hydrogen) atoms. The van der Waals surface area contributed by atoms with Crippen molar-refractivity contribution < 1.29 is 9.59 Å². The lowest BCUT2D eigenvalue weighted by atomic mass is 10.3. The number of hydrogen-bond donors (Lipinski definition) is 1. The summed E-state index contributed by atoms with van der Waals surface area (Å²) in [6, 6.07) is 4.81. The normalized spacial score (nSPS) is 14.6. The molecule has 1 N–H and O–H groups in total. The Balaban J connectivity index is 1.97. The third-order valence-corrected chi connectivity index (χ3v) is 3.85. The summed E-state index contributed by atoms with van der Waals surface area (Å²) in [7, 11) is 0. The van der Waals surface area contributed by atoms with Gasteiger partial charge in [-0.25, -0.2) is 0 Å². The Hall–Kier alpha value is -1.17. The molecule has 2 rings (SSSR count). The molecule has 1 aromatic rings. The van der Waals surface area contributed by atoms with Crippen LogP contribution in [-0.4, -0.2) is 29.0 Å². The zero-order valence-corrected chi connectivity index (χ0v) is 12.1. The number of halogens is 2. The van der Waals surface area contributed by atoms with Crippen LogP contribution in [0, 0.1) is 0 Å². The summed E-state index contributed by atoms with van der Waals surface area (Å²) in [4.78, 5) is 24.7. The molecule has 0 saturated carbocycles. The predicted octanol–water partition coefficient (Wildman–Crippen LogP) is 2.98. The summed E-state index contributed by atoms with van der Waals surface area (Å²) in [5.41, 5.74) is 0.544. The molecule has 2 amide bonds. The molecule has 0 fully saturated rings. The van der Waals surface area contributed by atoms with Gasteiger partial charge in [-0.05, 0) is 23.6 Å². The van der Waals surface area contributed by atoms with Crippen molar-refractivity contribution in [2.75, 3.05) is 17.6 Å². The van der Waals surface area contributed by atoms with E-state index in [0.29, 0.717) is 21.5 Å². The van der Waals surface area contributed by atoms with Gasteiger partial charge in [0.15, 0.2) is 0 Å². The number of rotatable bonds is 3. The number of nitrogens with zero attached hydrogens (tertiary/aromatic N) is 1. The van der Waals surface area contributed by atoms with Crippen LogP contribution in [0.4, 0.5) is 5.69 Å². The van der Waals surface area contributed by atoms with Gasteiger partial charge in [0.25, 0.3) is 0 Å². The van der Waals surface area contributed by atoms with Gasteiger partial charge in [-0.3, -0.25) is 9.59 Å². The van der Waals surface area contributed by atoms with E-state index >= 15 is 0 Å². The number of benzene rings is 1. The molecule has 4 nitrogen and oxygen atoms in total. The third-order valence-electron chi connectivity index (χ3n) is 2.38. The van der Waals surface area contributed by atoms with Crippen LogP contribution >= 0.6 is 35.0 Å². The molecule has 100 valence electrons. The van der Waals surface area contributed by atoms with Gasteiger partial charge < -0.3 is 10.2 Å². The highest BCUT2D eigenvalue weighted by molar-refractivity contribution is 8.02. The lowest BCUT2D eigenvalue weighted by Crippen LogP contribution is -2.36. The first-order chi connectivity index (χ1) is 9.06. The Morgan fingerprint density at radius 2 is 2.16 bits per heavy atom. The number of carbonyl (C=O) groups excluding carboxylic acids is 2. The van der Waals surface area contributed by atoms with Gasteiger partial charge >= 0.3 is 0 Å². The smallest absolute Gasteiger partial charge is 0.244 e. The van der Waals surface area contributed by atoms with E-state index in [0.717, 1.165) is 0 Å². The topological polar surface area (TPSA) is 49.4 Å². The summed E-state index contributed by atoms with van der Waals surface area (Å²) < 4.78 is 0. The molecule has 0 aliphatic carbocycles. The molecule has 0 unspecified atom stereocenters. The quantitative estimate of drug-likeness (QED) is 0.932. The van der Waals surface area contributed by atoms with Crippen LogP contribution < -0.4 is 5.32 Å². The Labute approximate surface area is 124 Å². The van der Waals surface area contributed by atoms with Crippen molar-refractivity contribution >= 4 is 52.5 Å². The average Bonchev–Trinajstić information content (AvgIpc) is 2.37. The number of amides is 2. The second-order valence-electron chi connectivity index (χ2n) is 3.79. The fourth-order valence-electron chi connectivity index (χ4n) is 1.47. The molecule has 0 spiro atoms. The minimum atomic E-state index is -0.289. The van der Waals surface area contributed by atoms with E-state index in [1.807, 2.05) is 0 Å². The zero-order chi connectivity index (χ0) is 13.8. The van der Waals surface area contributed by atoms with Crippen molar-refractivity contribution in [2.24, 2.45) is 0 Å². The van der Waals surface area contributed by atoms with Crippen LogP contribution in [0.1, 0.15) is 0 Å². The molecule has 0 radical (unpaired) electrons. The largest absolute Gasteiger partial charge is 0.324 e. The summed E-state index contributed by atoms with van der Waals surface area (Å²) in [5.74, 6) is -0.0172. The van der Waals surface area contributed by atoms with Crippen molar-refractivity contribution in [2.45, 2.75) is 0 Å². The van der Waals surface area contributed by atoms with E-state index in [4.69, 9.17) is 23.2 Å². The summed E-state index contributed by atoms with van der Waals surface area (Å²) >= 11 is 13.0. The maximum atomic E-state index is 11.8. The summed E-state index contributed by atoms with van der Waals surface area (Å²) in [5, 5.41) is 5.23. The van der Waals surface area contributed by atoms with Gasteiger partial charge in [0.05, 0.1) is 15.8 Å². The van der Waals surface area contributed by atoms with Crippen molar-refractivity contribution in [1.82, 2.24) is 4.90 Å². The van der Waals surface area contributed by atoms with E-state index in [1.165, 1.54) is 16.7 Å². The second-order valence-corrected chi connectivity index (χ2v) is 5.50. The van der Waals surface area contributed by atoms with Gasteiger partial charge in [0.1, 0.15) is 6.54 Å². The van der Waals surface area contributed by atoms with Gasteiger partial charge in [-0.15, -0.1) is 11.8 Å². The number of anilines is 1. The monoisotopic (exact) mass is 316 g/mol. The SMILES string of the molecule is O=C(CN1C=CSCC1=O)Nc1ccc(Cl)c(Cl)c1. The highest BCUT2D eigenvalue weighted by atomic mass is 35.5. The first kappa shape index (κ1) is 14.2. The van der Waals surface area contributed by atoms with Crippen LogP contribution in [0.15, 0.2) is 29.8 Å². The Bertz CT molecular complexity index is 549. The first-order valence-corrected chi connectivity index (χ1v) is 7.19. The van der Waals surface area contributed by atoms with Crippen LogP contribution in [0.2, 0.25) is 10.0 Å². The van der Waals surface area contributed by atoms with Gasteiger partial charge in [0.2, 0.25) is 11.8 Å². The van der Waals surface area contributed by atoms with Crippen molar-refractivity contribution in [3.8, 4) is 0 Å². The maximum Gasteiger partial charge on any atom is 0.244 e. The Kier molecular flexibility index (Phi) is 4.74. The van der Waals surface area contributed by atoms with Crippen LogP contribution in [0.5, 0.6) is 0 Å². The number of hydrogen-bond acceptors (Lipinski definition) is 3. The second kappa shape index (κ2) is 6.32. The van der Waals surface area contributed by atoms with Gasteiger partial charge in [-0.1, -0.05) is 23.2 Å². The predicted molar refractivity (Wildman–Crippen MR) is 78.4 cm³/mol. The van der Waals surface area contributed by atoms with Crippen molar-refractivity contribution in [3.63, 3.8) is 0 Å². The van der Waals surface area contributed by atoms with Crippen molar-refractivity contribution in [1.29, 1.82) is 0 Å². The zero-order valence-electron chi connectivity index (χ0n) is 9.73. The molecular weight excluding hydrogens is 307 g/mol. The fourth-order valence-corrected chi connectivity index (χ4v) is 2.41. The number of carbonyl (C=O) groups is 2. The Morgan fingerprint density at radius 1 is 1.37 bits per heavy atom. The highest BCUT2D eigenvalue weighted by Crippen LogP contribution is 2.25. The number of thioether (sulfide) groups is 1.